The van der Waals surface area contributed by atoms with Crippen LogP contribution in [0.5, 0.6) is 0 Å². The lowest BCUT2D eigenvalue weighted by Gasteiger charge is -2.42. The lowest BCUT2D eigenvalue weighted by molar-refractivity contribution is -0.180. The Bertz CT molecular complexity index is 1150. The molecule has 0 saturated heterocycles. The number of esters is 2. The Labute approximate surface area is 404 Å². The Morgan fingerprint density at radius 1 is 0.508 bits per heavy atom. The van der Waals surface area contributed by atoms with Gasteiger partial charge in [0.25, 0.3) is 5.91 Å². The summed E-state index contributed by atoms with van der Waals surface area (Å²) in [5.74, 6) is -1.26. The lowest BCUT2D eigenvalue weighted by atomic mass is 9.79. The third-order valence-corrected chi connectivity index (χ3v) is 13.1. The molecule has 0 aliphatic carbocycles. The van der Waals surface area contributed by atoms with Gasteiger partial charge in [-0.3, -0.25) is 14.4 Å². The van der Waals surface area contributed by atoms with Crippen molar-refractivity contribution in [1.29, 1.82) is 0 Å². The maximum atomic E-state index is 13.7. The minimum atomic E-state index is -1.18. The molecule has 0 aliphatic rings. The number of amides is 1. The van der Waals surface area contributed by atoms with E-state index in [2.05, 4.69) is 39.9 Å². The molecule has 0 aromatic rings. The van der Waals surface area contributed by atoms with E-state index in [1.807, 2.05) is 41.5 Å². The SMILES string of the molecule is CCCCCCCCCCCCCCCCCCNC(=O)C(COC(=O)C(C)(C)CC(C)(CC)OC(C)(C)CCOC(C)(C)C)OC(=O)CCCCCCCCCCCCCCCCC. The molecule has 0 spiro atoms. The Morgan fingerprint density at radius 3 is 1.28 bits per heavy atom. The molecule has 0 aromatic heterocycles. The fraction of sp³-hybridized carbons (Fsp3) is 0.947. The summed E-state index contributed by atoms with van der Waals surface area (Å²) in [6, 6.07) is 0. The zero-order valence-corrected chi connectivity index (χ0v) is 45.3. The van der Waals surface area contributed by atoms with Crippen molar-refractivity contribution < 1.29 is 33.3 Å². The largest absolute Gasteiger partial charge is 0.461 e. The molecular formula is C57H111NO7. The number of hydrogen-bond acceptors (Lipinski definition) is 7. The second-order valence-corrected chi connectivity index (χ2v) is 22.3. The Kier molecular flexibility index (Phi) is 38.2. The van der Waals surface area contributed by atoms with Gasteiger partial charge in [-0.1, -0.05) is 207 Å². The van der Waals surface area contributed by atoms with Gasteiger partial charge in [-0.2, -0.15) is 0 Å². The molecule has 2 atom stereocenters. The second-order valence-electron chi connectivity index (χ2n) is 22.3. The molecule has 8 nitrogen and oxygen atoms in total. The van der Waals surface area contributed by atoms with E-state index in [-0.39, 0.29) is 18.6 Å². The maximum Gasteiger partial charge on any atom is 0.311 e. The van der Waals surface area contributed by atoms with Crippen LogP contribution in [0.4, 0.5) is 0 Å². The lowest BCUT2D eigenvalue weighted by Crippen LogP contribution is -2.46. The molecule has 0 saturated carbocycles. The number of rotatable bonds is 46. The van der Waals surface area contributed by atoms with Gasteiger partial charge in [0, 0.05) is 19.6 Å². The van der Waals surface area contributed by atoms with Crippen molar-refractivity contribution in [1.82, 2.24) is 5.32 Å². The van der Waals surface area contributed by atoms with Gasteiger partial charge in [0.2, 0.25) is 6.10 Å². The van der Waals surface area contributed by atoms with E-state index < -0.39 is 40.6 Å². The molecule has 0 aromatic carbocycles. The highest BCUT2D eigenvalue weighted by molar-refractivity contribution is 5.84. The van der Waals surface area contributed by atoms with Crippen molar-refractivity contribution in [2.45, 2.75) is 324 Å². The minimum absolute atomic E-state index is 0.226. The molecule has 65 heavy (non-hydrogen) atoms. The van der Waals surface area contributed by atoms with Crippen LogP contribution in [0.2, 0.25) is 0 Å². The van der Waals surface area contributed by atoms with Crippen LogP contribution < -0.4 is 5.32 Å². The predicted octanol–water partition coefficient (Wildman–Crippen LogP) is 16.7. The van der Waals surface area contributed by atoms with Crippen molar-refractivity contribution in [3.8, 4) is 0 Å². The number of unbranched alkanes of at least 4 members (excludes halogenated alkanes) is 29. The summed E-state index contributed by atoms with van der Waals surface area (Å²) in [6.45, 7) is 23.4. The summed E-state index contributed by atoms with van der Waals surface area (Å²) in [4.78, 5) is 40.3. The first-order chi connectivity index (χ1) is 30.9. The molecule has 2 unspecified atom stereocenters. The number of carbonyl (C=O) groups is 3. The fourth-order valence-electron chi connectivity index (χ4n) is 8.93. The van der Waals surface area contributed by atoms with Crippen LogP contribution >= 0.6 is 0 Å². The average molecular weight is 923 g/mol. The van der Waals surface area contributed by atoms with Gasteiger partial charge in [-0.25, -0.2) is 0 Å². The molecule has 0 fully saturated rings. The predicted molar refractivity (Wildman–Crippen MR) is 276 cm³/mol. The first kappa shape index (κ1) is 63.3. The van der Waals surface area contributed by atoms with Crippen molar-refractivity contribution in [2.24, 2.45) is 5.41 Å². The van der Waals surface area contributed by atoms with Gasteiger partial charge >= 0.3 is 11.9 Å². The van der Waals surface area contributed by atoms with Crippen LogP contribution in [0, 0.1) is 5.41 Å². The van der Waals surface area contributed by atoms with E-state index in [0.29, 0.717) is 32.4 Å². The summed E-state index contributed by atoms with van der Waals surface area (Å²) < 4.78 is 24.3. The molecular weight excluding hydrogens is 811 g/mol. The molecule has 1 N–H and O–H groups in total. The summed E-state index contributed by atoms with van der Waals surface area (Å²) in [5, 5.41) is 2.98. The topological polar surface area (TPSA) is 100 Å². The van der Waals surface area contributed by atoms with E-state index in [1.165, 1.54) is 161 Å². The number of carbonyl (C=O) groups excluding carboxylic acids is 3. The minimum Gasteiger partial charge on any atom is -0.461 e. The quantitative estimate of drug-likeness (QED) is 0.0479. The van der Waals surface area contributed by atoms with Gasteiger partial charge in [0.1, 0.15) is 6.61 Å². The van der Waals surface area contributed by atoms with Gasteiger partial charge in [0.05, 0.1) is 22.2 Å². The zero-order chi connectivity index (χ0) is 48.7. The number of nitrogens with one attached hydrogen (secondary N) is 1. The fourth-order valence-corrected chi connectivity index (χ4v) is 8.93. The molecule has 0 bridgehead atoms. The first-order valence-electron chi connectivity index (χ1n) is 27.9. The highest BCUT2D eigenvalue weighted by Gasteiger charge is 2.41. The molecule has 386 valence electrons. The molecule has 0 aliphatic heterocycles. The highest BCUT2D eigenvalue weighted by atomic mass is 16.6. The molecule has 8 heteroatoms. The Morgan fingerprint density at radius 2 is 0.892 bits per heavy atom. The summed E-state index contributed by atoms with van der Waals surface area (Å²) in [5.41, 5.74) is -2.20. The van der Waals surface area contributed by atoms with Gasteiger partial charge in [0.15, 0.2) is 0 Å². The van der Waals surface area contributed by atoms with Gasteiger partial charge in [-0.15, -0.1) is 0 Å². The normalized spacial score (nSPS) is 13.7. The Hall–Kier alpha value is -1.67. The summed E-state index contributed by atoms with van der Waals surface area (Å²) in [6.07, 6.45) is 40.3. The summed E-state index contributed by atoms with van der Waals surface area (Å²) >= 11 is 0. The van der Waals surface area contributed by atoms with E-state index in [4.69, 9.17) is 18.9 Å². The van der Waals surface area contributed by atoms with E-state index in [1.54, 1.807) is 0 Å². The van der Waals surface area contributed by atoms with Crippen LogP contribution in [0.15, 0.2) is 0 Å². The van der Waals surface area contributed by atoms with Crippen molar-refractivity contribution in [3.63, 3.8) is 0 Å². The number of hydrogen-bond donors (Lipinski definition) is 1. The zero-order valence-electron chi connectivity index (χ0n) is 45.3. The molecule has 0 radical (unpaired) electrons. The molecule has 1 amide bonds. The smallest absolute Gasteiger partial charge is 0.311 e. The standard InChI is InChI=1S/C57H111NO7/c1-12-15-17-19-21-23-25-27-29-31-33-35-37-39-41-43-46-58-52(60)50(64-51(59)44-42-40-38-36-34-32-30-28-26-24-22-20-18-16-13-2)48-62-53(61)55(7,8)49-57(11,14-3)65-56(9,10)45-47-63-54(4,5)6/h50H,12-49H2,1-11H3,(H,58,60). The van der Waals surface area contributed by atoms with Crippen LogP contribution in [-0.2, 0) is 33.3 Å². The molecule has 0 heterocycles. The monoisotopic (exact) mass is 922 g/mol. The van der Waals surface area contributed by atoms with Crippen LogP contribution in [0.1, 0.15) is 301 Å². The van der Waals surface area contributed by atoms with Crippen molar-refractivity contribution in [3.05, 3.63) is 0 Å². The van der Waals surface area contributed by atoms with E-state index >= 15 is 0 Å². The van der Waals surface area contributed by atoms with E-state index in [0.717, 1.165) is 38.5 Å². The van der Waals surface area contributed by atoms with Crippen LogP contribution in [0.25, 0.3) is 0 Å². The molecule has 0 rings (SSSR count). The second kappa shape index (κ2) is 39.2. The van der Waals surface area contributed by atoms with Crippen molar-refractivity contribution in [2.75, 3.05) is 19.8 Å². The van der Waals surface area contributed by atoms with Crippen LogP contribution in [-0.4, -0.2) is 60.5 Å². The van der Waals surface area contributed by atoms with Gasteiger partial charge in [-0.05, 0) is 87.5 Å². The van der Waals surface area contributed by atoms with Crippen molar-refractivity contribution >= 4 is 17.8 Å². The van der Waals surface area contributed by atoms with Gasteiger partial charge < -0.3 is 24.3 Å². The maximum absolute atomic E-state index is 13.7. The third-order valence-electron chi connectivity index (χ3n) is 13.1. The highest BCUT2D eigenvalue weighted by Crippen LogP contribution is 2.37. The first-order valence-corrected chi connectivity index (χ1v) is 27.9. The summed E-state index contributed by atoms with van der Waals surface area (Å²) in [7, 11) is 0. The average Bonchev–Trinajstić information content (AvgIpc) is 3.23. The Balaban J connectivity index is 4.95. The number of ether oxygens (including phenoxy) is 4. The van der Waals surface area contributed by atoms with E-state index in [9.17, 15) is 14.4 Å². The van der Waals surface area contributed by atoms with Crippen LogP contribution in [0.3, 0.4) is 0 Å². The third kappa shape index (κ3) is 38.9.